The maximum atomic E-state index is 12.0. The van der Waals surface area contributed by atoms with Crippen molar-refractivity contribution in [3.8, 4) is 0 Å². The molecular formula is C10H14N6O4. The number of urea groups is 1. The molecule has 0 saturated heterocycles. The Morgan fingerprint density at radius 2 is 2.20 bits per heavy atom. The van der Waals surface area contributed by atoms with E-state index in [1.807, 2.05) is 4.57 Å². The van der Waals surface area contributed by atoms with Gasteiger partial charge in [-0.05, 0) is 0 Å². The number of carboxylic acid groups (broad SMARTS) is 1. The van der Waals surface area contributed by atoms with Crippen LogP contribution in [0.3, 0.4) is 0 Å². The van der Waals surface area contributed by atoms with Crippen LogP contribution >= 0.6 is 0 Å². The first-order valence-corrected chi connectivity index (χ1v) is 5.90. The molecule has 1 aromatic rings. The minimum absolute atomic E-state index is 0.231. The molecular weight excluding hydrogens is 268 g/mol. The molecule has 1 aliphatic rings. The van der Waals surface area contributed by atoms with Gasteiger partial charge in [0.15, 0.2) is 5.82 Å². The summed E-state index contributed by atoms with van der Waals surface area (Å²) in [5, 5.41) is 18.8. The third kappa shape index (κ3) is 3.02. The fourth-order valence-electron chi connectivity index (χ4n) is 1.88. The molecule has 4 N–H and O–H groups in total. The number of hydrogen-bond acceptors (Lipinski definition) is 5. The molecule has 0 aliphatic carbocycles. The number of hydrogen-bond donors (Lipinski definition) is 3. The molecule has 0 bridgehead atoms. The normalized spacial score (nSPS) is 15.3. The van der Waals surface area contributed by atoms with Crippen molar-refractivity contribution in [2.45, 2.75) is 25.6 Å². The van der Waals surface area contributed by atoms with Gasteiger partial charge in [0.1, 0.15) is 12.4 Å². The fourth-order valence-corrected chi connectivity index (χ4v) is 1.88. The smallest absolute Gasteiger partial charge is 0.326 e. The van der Waals surface area contributed by atoms with Crippen molar-refractivity contribution in [1.82, 2.24) is 25.0 Å². The summed E-state index contributed by atoms with van der Waals surface area (Å²) in [5.41, 5.74) is 4.95. The molecule has 10 heteroatoms. The summed E-state index contributed by atoms with van der Waals surface area (Å²) < 4.78 is 1.81. The third-order valence-corrected chi connectivity index (χ3v) is 2.93. The number of nitrogens with one attached hydrogen (secondary N) is 1. The van der Waals surface area contributed by atoms with Gasteiger partial charge in [0.25, 0.3) is 0 Å². The number of primary amides is 1. The largest absolute Gasteiger partial charge is 0.480 e. The standard InChI is InChI=1S/C10H14N6O4/c11-7(17)3-6(9(18)19)13-10(20)15-1-2-16-5-12-14-8(16)4-15/h5-6H,1-4H2,(H2,11,17)(H,13,20)(H,18,19)/t6-/m1/s1. The second-order valence-corrected chi connectivity index (χ2v) is 4.37. The maximum Gasteiger partial charge on any atom is 0.326 e. The third-order valence-electron chi connectivity index (χ3n) is 2.93. The van der Waals surface area contributed by atoms with E-state index in [0.29, 0.717) is 18.9 Å². The van der Waals surface area contributed by atoms with Gasteiger partial charge in [-0.25, -0.2) is 9.59 Å². The van der Waals surface area contributed by atoms with E-state index in [0.717, 1.165) is 0 Å². The van der Waals surface area contributed by atoms with Crippen LogP contribution in [-0.2, 0) is 22.7 Å². The Bertz CT molecular complexity index is 542. The Hall–Kier alpha value is -2.65. The molecule has 108 valence electrons. The number of fused-ring (bicyclic) bond motifs is 1. The maximum absolute atomic E-state index is 12.0. The SMILES string of the molecule is NC(=O)C[C@@H](NC(=O)N1CCn2cnnc2C1)C(=O)O. The minimum atomic E-state index is -1.33. The van der Waals surface area contributed by atoms with Gasteiger partial charge >= 0.3 is 12.0 Å². The number of aliphatic carboxylic acids is 1. The summed E-state index contributed by atoms with van der Waals surface area (Å²) in [6, 6.07) is -1.91. The highest BCUT2D eigenvalue weighted by Gasteiger charge is 2.27. The van der Waals surface area contributed by atoms with E-state index in [2.05, 4.69) is 15.5 Å². The first kappa shape index (κ1) is 13.8. The highest BCUT2D eigenvalue weighted by Crippen LogP contribution is 2.09. The van der Waals surface area contributed by atoms with Crippen LogP contribution in [0.15, 0.2) is 6.33 Å². The number of carboxylic acids is 1. The molecule has 0 radical (unpaired) electrons. The lowest BCUT2D eigenvalue weighted by molar-refractivity contribution is -0.141. The molecule has 1 aromatic heterocycles. The fraction of sp³-hybridized carbons (Fsp3) is 0.500. The molecule has 0 spiro atoms. The Labute approximate surface area is 113 Å². The number of nitrogens with zero attached hydrogens (tertiary/aromatic N) is 4. The Morgan fingerprint density at radius 1 is 1.45 bits per heavy atom. The second-order valence-electron chi connectivity index (χ2n) is 4.37. The lowest BCUT2D eigenvalue weighted by Gasteiger charge is -2.28. The van der Waals surface area contributed by atoms with Crippen molar-refractivity contribution in [3.05, 3.63) is 12.2 Å². The topological polar surface area (TPSA) is 143 Å². The number of nitrogens with two attached hydrogens (primary N) is 1. The van der Waals surface area contributed by atoms with Gasteiger partial charge in [-0.15, -0.1) is 10.2 Å². The van der Waals surface area contributed by atoms with Crippen molar-refractivity contribution >= 4 is 17.9 Å². The Morgan fingerprint density at radius 3 is 2.85 bits per heavy atom. The van der Waals surface area contributed by atoms with Gasteiger partial charge in [-0.1, -0.05) is 0 Å². The van der Waals surface area contributed by atoms with Crippen LogP contribution in [0, 0.1) is 0 Å². The van der Waals surface area contributed by atoms with E-state index in [-0.39, 0.29) is 6.54 Å². The molecule has 1 atom stereocenters. The molecule has 0 unspecified atom stereocenters. The summed E-state index contributed by atoms with van der Waals surface area (Å²) in [4.78, 5) is 35.1. The zero-order chi connectivity index (χ0) is 14.7. The van der Waals surface area contributed by atoms with Crippen LogP contribution in [0.1, 0.15) is 12.2 Å². The first-order valence-electron chi connectivity index (χ1n) is 5.90. The summed E-state index contributed by atoms with van der Waals surface area (Å²) in [6.45, 7) is 1.16. The average Bonchev–Trinajstić information content (AvgIpc) is 2.84. The van der Waals surface area contributed by atoms with Crippen LogP contribution in [0.5, 0.6) is 0 Å². The summed E-state index contributed by atoms with van der Waals surface area (Å²) >= 11 is 0. The van der Waals surface area contributed by atoms with Crippen molar-refractivity contribution < 1.29 is 19.5 Å². The predicted octanol–water partition coefficient (Wildman–Crippen LogP) is -1.87. The van der Waals surface area contributed by atoms with E-state index in [1.54, 1.807) is 6.33 Å². The molecule has 2 rings (SSSR count). The first-order chi connectivity index (χ1) is 9.47. The van der Waals surface area contributed by atoms with E-state index in [9.17, 15) is 14.4 Å². The number of aromatic nitrogens is 3. The average molecular weight is 282 g/mol. The summed E-state index contributed by atoms with van der Waals surface area (Å²) in [6.07, 6.45) is 1.11. The van der Waals surface area contributed by atoms with E-state index in [4.69, 9.17) is 10.8 Å². The highest BCUT2D eigenvalue weighted by atomic mass is 16.4. The van der Waals surface area contributed by atoms with E-state index >= 15 is 0 Å². The van der Waals surface area contributed by atoms with Gasteiger partial charge < -0.3 is 25.6 Å². The van der Waals surface area contributed by atoms with Gasteiger partial charge in [-0.3, -0.25) is 4.79 Å². The summed E-state index contributed by atoms with van der Waals surface area (Å²) in [5.74, 6) is -1.48. The van der Waals surface area contributed by atoms with Crippen molar-refractivity contribution in [2.75, 3.05) is 6.54 Å². The molecule has 2 heterocycles. The second kappa shape index (κ2) is 5.55. The molecule has 0 aromatic carbocycles. The molecule has 20 heavy (non-hydrogen) atoms. The number of amides is 3. The van der Waals surface area contributed by atoms with Gasteiger partial charge in [-0.2, -0.15) is 0 Å². The molecule has 3 amide bonds. The van der Waals surface area contributed by atoms with Crippen molar-refractivity contribution in [2.24, 2.45) is 5.73 Å². The van der Waals surface area contributed by atoms with Crippen LogP contribution in [0.25, 0.3) is 0 Å². The molecule has 0 saturated carbocycles. The van der Waals surface area contributed by atoms with Crippen LogP contribution in [-0.4, -0.2) is 55.3 Å². The lowest BCUT2D eigenvalue weighted by atomic mass is 10.2. The zero-order valence-electron chi connectivity index (χ0n) is 10.5. The van der Waals surface area contributed by atoms with Crippen LogP contribution in [0.4, 0.5) is 4.79 Å². The summed E-state index contributed by atoms with van der Waals surface area (Å²) in [7, 11) is 0. The number of carbonyl (C=O) groups is 3. The monoisotopic (exact) mass is 282 g/mol. The quantitative estimate of drug-likeness (QED) is 0.590. The van der Waals surface area contributed by atoms with Gasteiger partial charge in [0, 0.05) is 13.1 Å². The van der Waals surface area contributed by atoms with Crippen molar-refractivity contribution in [1.29, 1.82) is 0 Å². The minimum Gasteiger partial charge on any atom is -0.480 e. The molecule has 1 aliphatic heterocycles. The van der Waals surface area contributed by atoms with Gasteiger partial charge in [0.05, 0.1) is 13.0 Å². The number of carbonyl (C=O) groups excluding carboxylic acids is 2. The Kier molecular flexibility index (Phi) is 3.82. The van der Waals surface area contributed by atoms with Crippen LogP contribution in [0.2, 0.25) is 0 Å². The van der Waals surface area contributed by atoms with Crippen molar-refractivity contribution in [3.63, 3.8) is 0 Å². The van der Waals surface area contributed by atoms with E-state index in [1.165, 1.54) is 4.90 Å². The van der Waals surface area contributed by atoms with Gasteiger partial charge in [0.2, 0.25) is 5.91 Å². The zero-order valence-corrected chi connectivity index (χ0v) is 10.5. The predicted molar refractivity (Wildman–Crippen MR) is 64.2 cm³/mol. The highest BCUT2D eigenvalue weighted by molar-refractivity contribution is 5.87. The Balaban J connectivity index is 1.98. The van der Waals surface area contributed by atoms with E-state index < -0.39 is 30.4 Å². The number of rotatable bonds is 4. The lowest BCUT2D eigenvalue weighted by Crippen LogP contribution is -2.51. The molecule has 0 fully saturated rings. The molecule has 10 nitrogen and oxygen atoms in total. The van der Waals surface area contributed by atoms with Crippen LogP contribution < -0.4 is 11.1 Å².